The first kappa shape index (κ1) is 10.5. The lowest BCUT2D eigenvalue weighted by atomic mass is 10.4. The zero-order chi connectivity index (χ0) is 10.9. The van der Waals surface area contributed by atoms with Crippen molar-refractivity contribution in [2.24, 2.45) is 0 Å². The summed E-state index contributed by atoms with van der Waals surface area (Å²) in [7, 11) is 0. The van der Waals surface area contributed by atoms with Gasteiger partial charge in [0.15, 0.2) is 17.4 Å². The highest BCUT2D eigenvalue weighted by molar-refractivity contribution is 5.45. The molecule has 0 aromatic carbocycles. The van der Waals surface area contributed by atoms with E-state index in [1.165, 1.54) is 0 Å². The Kier molecular flexibility index (Phi) is 2.45. The van der Waals surface area contributed by atoms with E-state index in [1.54, 1.807) is 0 Å². The molecule has 1 aromatic heterocycles. The van der Waals surface area contributed by atoms with Crippen molar-refractivity contribution in [2.75, 3.05) is 5.73 Å². The number of ether oxygens (including phenoxy) is 1. The van der Waals surface area contributed by atoms with Crippen molar-refractivity contribution in [1.29, 1.82) is 0 Å². The molecule has 14 heavy (non-hydrogen) atoms. The van der Waals surface area contributed by atoms with Gasteiger partial charge in [-0.15, -0.1) is 13.2 Å². The molecule has 1 rings (SSSR count). The predicted octanol–water partition coefficient (Wildman–Crippen LogP) is 1.84. The van der Waals surface area contributed by atoms with Gasteiger partial charge in [0, 0.05) is 6.07 Å². The van der Waals surface area contributed by atoms with E-state index >= 15 is 0 Å². The summed E-state index contributed by atoms with van der Waals surface area (Å²) in [4.78, 5) is 2.67. The van der Waals surface area contributed by atoms with Crippen LogP contribution in [0, 0.1) is 11.8 Å². The van der Waals surface area contributed by atoms with Gasteiger partial charge in [-0.05, 0) is 0 Å². The minimum Gasteiger partial charge on any atom is -0.402 e. The summed E-state index contributed by atoms with van der Waals surface area (Å²) < 4.78 is 62.9. The van der Waals surface area contributed by atoms with Crippen LogP contribution in [0.5, 0.6) is 5.75 Å². The summed E-state index contributed by atoms with van der Waals surface area (Å²) in [5.41, 5.74) is 4.85. The number of halogens is 5. The van der Waals surface area contributed by atoms with Gasteiger partial charge >= 0.3 is 6.36 Å². The molecule has 78 valence electrons. The molecule has 0 radical (unpaired) electrons. The lowest BCUT2D eigenvalue weighted by Crippen LogP contribution is -2.18. The topological polar surface area (TPSA) is 48.1 Å². The van der Waals surface area contributed by atoms with E-state index in [-0.39, 0.29) is 6.07 Å². The van der Waals surface area contributed by atoms with Crippen LogP contribution in [0.2, 0.25) is 0 Å². The Morgan fingerprint density at radius 3 is 2.36 bits per heavy atom. The fraction of sp³-hybridized carbons (Fsp3) is 0.167. The molecule has 8 heteroatoms. The Bertz CT molecular complexity index is 351. The second-order valence-corrected chi connectivity index (χ2v) is 2.19. The van der Waals surface area contributed by atoms with E-state index < -0.39 is 29.7 Å². The molecule has 1 aromatic rings. The minimum absolute atomic E-state index is 0.172. The molecule has 0 bridgehead atoms. The van der Waals surface area contributed by atoms with Gasteiger partial charge in [0.25, 0.3) is 5.95 Å². The molecular formula is C6H3F5N2O. The number of nitrogen functional groups attached to an aromatic ring is 1. The van der Waals surface area contributed by atoms with Crippen LogP contribution in [0.25, 0.3) is 0 Å². The van der Waals surface area contributed by atoms with Gasteiger partial charge in [-0.2, -0.15) is 9.37 Å². The quantitative estimate of drug-likeness (QED) is 0.573. The third kappa shape index (κ3) is 2.44. The average molecular weight is 214 g/mol. The van der Waals surface area contributed by atoms with Gasteiger partial charge in [0.1, 0.15) is 0 Å². The van der Waals surface area contributed by atoms with Gasteiger partial charge in [-0.25, -0.2) is 4.39 Å². The highest BCUT2D eigenvalue weighted by atomic mass is 19.4. The molecule has 0 fully saturated rings. The highest BCUT2D eigenvalue weighted by Gasteiger charge is 2.32. The van der Waals surface area contributed by atoms with Gasteiger partial charge in [0.2, 0.25) is 0 Å². The molecule has 0 unspecified atom stereocenters. The van der Waals surface area contributed by atoms with E-state index in [1.807, 2.05) is 0 Å². The molecule has 0 atom stereocenters. The van der Waals surface area contributed by atoms with E-state index in [9.17, 15) is 22.0 Å². The van der Waals surface area contributed by atoms with Crippen LogP contribution in [0.15, 0.2) is 6.07 Å². The van der Waals surface area contributed by atoms with Crippen molar-refractivity contribution in [3.05, 3.63) is 17.8 Å². The first-order valence-corrected chi connectivity index (χ1v) is 3.17. The normalized spacial score (nSPS) is 11.5. The number of rotatable bonds is 1. The molecule has 3 nitrogen and oxygen atoms in total. The summed E-state index contributed by atoms with van der Waals surface area (Å²) in [6.45, 7) is 0. The highest BCUT2D eigenvalue weighted by Crippen LogP contribution is 2.27. The Labute approximate surface area is 74.3 Å². The molecule has 0 aliphatic heterocycles. The van der Waals surface area contributed by atoms with Crippen LogP contribution in [0.1, 0.15) is 0 Å². The van der Waals surface area contributed by atoms with Gasteiger partial charge in [-0.3, -0.25) is 0 Å². The Balaban J connectivity index is 3.04. The summed E-state index contributed by atoms with van der Waals surface area (Å²) in [6.07, 6.45) is -5.03. The number of nitrogens with zero attached hydrogens (tertiary/aromatic N) is 1. The van der Waals surface area contributed by atoms with E-state index in [0.717, 1.165) is 0 Å². The Morgan fingerprint density at radius 1 is 1.29 bits per heavy atom. The van der Waals surface area contributed by atoms with Crippen molar-refractivity contribution >= 4 is 5.82 Å². The minimum atomic E-state index is -5.03. The van der Waals surface area contributed by atoms with Crippen LogP contribution in [0.4, 0.5) is 27.8 Å². The SMILES string of the molecule is Nc1nc(F)c(F)cc1OC(F)(F)F. The maximum Gasteiger partial charge on any atom is 0.573 e. The van der Waals surface area contributed by atoms with Gasteiger partial charge < -0.3 is 10.5 Å². The second-order valence-electron chi connectivity index (χ2n) is 2.19. The number of alkyl halides is 3. The molecule has 2 N–H and O–H groups in total. The largest absolute Gasteiger partial charge is 0.573 e. The first-order valence-electron chi connectivity index (χ1n) is 3.17. The van der Waals surface area contributed by atoms with E-state index in [4.69, 9.17) is 5.73 Å². The van der Waals surface area contributed by atoms with Crippen molar-refractivity contribution in [1.82, 2.24) is 4.98 Å². The number of pyridine rings is 1. The van der Waals surface area contributed by atoms with Crippen molar-refractivity contribution in [3.8, 4) is 5.75 Å². The lowest BCUT2D eigenvalue weighted by Gasteiger charge is -2.10. The summed E-state index contributed by atoms with van der Waals surface area (Å²) in [6, 6.07) is 0.172. The third-order valence-corrected chi connectivity index (χ3v) is 1.15. The number of nitrogens with two attached hydrogens (primary N) is 1. The number of aromatic nitrogens is 1. The smallest absolute Gasteiger partial charge is 0.402 e. The molecule has 0 spiro atoms. The standard InChI is InChI=1S/C6H3F5N2O/c7-2-1-3(14-6(9,10)11)5(12)13-4(2)8/h1H,(H2,12,13). The summed E-state index contributed by atoms with van der Waals surface area (Å²) in [5.74, 6) is -5.10. The zero-order valence-corrected chi connectivity index (χ0v) is 6.40. The van der Waals surface area contributed by atoms with Crippen LogP contribution in [-0.4, -0.2) is 11.3 Å². The lowest BCUT2D eigenvalue weighted by molar-refractivity contribution is -0.274. The van der Waals surface area contributed by atoms with Gasteiger partial charge in [0.05, 0.1) is 0 Å². The Hall–Kier alpha value is -1.60. The molecule has 1 heterocycles. The van der Waals surface area contributed by atoms with Crippen LogP contribution >= 0.6 is 0 Å². The van der Waals surface area contributed by atoms with E-state index in [0.29, 0.717) is 0 Å². The van der Waals surface area contributed by atoms with Crippen LogP contribution in [-0.2, 0) is 0 Å². The van der Waals surface area contributed by atoms with Crippen molar-refractivity contribution in [2.45, 2.75) is 6.36 Å². The maximum absolute atomic E-state index is 12.4. The predicted molar refractivity (Wildman–Crippen MR) is 35.2 cm³/mol. The molecule has 0 saturated carbocycles. The molecular weight excluding hydrogens is 211 g/mol. The molecule has 0 aliphatic carbocycles. The fourth-order valence-corrected chi connectivity index (χ4v) is 0.669. The number of anilines is 1. The number of hydrogen-bond acceptors (Lipinski definition) is 3. The number of hydrogen-bond donors (Lipinski definition) is 1. The first-order chi connectivity index (χ1) is 6.29. The molecule has 0 aliphatic rings. The average Bonchev–Trinajstić information content (AvgIpc) is 1.97. The van der Waals surface area contributed by atoms with Crippen LogP contribution < -0.4 is 10.5 Å². The van der Waals surface area contributed by atoms with E-state index in [2.05, 4.69) is 9.72 Å². The maximum atomic E-state index is 12.4. The fourth-order valence-electron chi connectivity index (χ4n) is 0.669. The Morgan fingerprint density at radius 2 is 1.86 bits per heavy atom. The third-order valence-electron chi connectivity index (χ3n) is 1.15. The van der Waals surface area contributed by atoms with Crippen LogP contribution in [0.3, 0.4) is 0 Å². The summed E-state index contributed by atoms with van der Waals surface area (Å²) in [5, 5.41) is 0. The monoisotopic (exact) mass is 214 g/mol. The zero-order valence-electron chi connectivity index (χ0n) is 6.40. The second kappa shape index (κ2) is 3.28. The van der Waals surface area contributed by atoms with Gasteiger partial charge in [-0.1, -0.05) is 0 Å². The van der Waals surface area contributed by atoms with Crippen molar-refractivity contribution < 1.29 is 26.7 Å². The van der Waals surface area contributed by atoms with Crippen molar-refractivity contribution in [3.63, 3.8) is 0 Å². The molecule has 0 saturated heterocycles. The molecule has 0 amide bonds. The summed E-state index contributed by atoms with van der Waals surface area (Å²) >= 11 is 0.